The third-order valence-electron chi connectivity index (χ3n) is 5.58. The highest BCUT2D eigenvalue weighted by Crippen LogP contribution is 2.45. The highest BCUT2D eigenvalue weighted by molar-refractivity contribution is 5.78. The van der Waals surface area contributed by atoms with Crippen molar-refractivity contribution in [3.05, 3.63) is 30.0 Å². The van der Waals surface area contributed by atoms with Gasteiger partial charge in [-0.1, -0.05) is 0 Å². The largest absolute Gasteiger partial charge is 0.481 e. The lowest BCUT2D eigenvalue weighted by atomic mass is 9.92. The molecule has 8 nitrogen and oxygen atoms in total. The molecule has 2 aliphatic rings. The number of rotatable bonds is 3. The van der Waals surface area contributed by atoms with E-state index in [1.54, 1.807) is 24.3 Å². The first-order chi connectivity index (χ1) is 14.6. The highest BCUT2D eigenvalue weighted by Gasteiger charge is 2.48. The zero-order valence-electron chi connectivity index (χ0n) is 19.0. The van der Waals surface area contributed by atoms with Crippen LogP contribution >= 0.6 is 0 Å². The van der Waals surface area contributed by atoms with Gasteiger partial charge in [0.2, 0.25) is 5.88 Å². The lowest BCUT2D eigenvalue weighted by Gasteiger charge is -2.26. The Morgan fingerprint density at radius 1 is 1.23 bits per heavy atom. The molecular weight excluding hydrogens is 398 g/mol. The van der Waals surface area contributed by atoms with Gasteiger partial charge < -0.3 is 23.8 Å². The Labute approximate surface area is 182 Å². The van der Waals surface area contributed by atoms with E-state index < -0.39 is 11.4 Å². The molecule has 0 radical (unpaired) electrons. The Morgan fingerprint density at radius 2 is 2.00 bits per heavy atom. The number of hydrogen-bond acceptors (Lipinski definition) is 7. The zero-order valence-corrected chi connectivity index (χ0v) is 19.0. The van der Waals surface area contributed by atoms with Gasteiger partial charge in [-0.25, -0.2) is 9.78 Å². The fraction of sp³-hybridized carbons (Fsp3) is 0.609. The molecule has 0 bridgehead atoms. The van der Waals surface area contributed by atoms with E-state index in [0.29, 0.717) is 19.0 Å². The number of hydrogen-bond donors (Lipinski definition) is 0. The van der Waals surface area contributed by atoms with Gasteiger partial charge >= 0.3 is 6.09 Å². The predicted octanol–water partition coefficient (Wildman–Crippen LogP) is 4.09. The van der Waals surface area contributed by atoms with Crippen LogP contribution in [0.5, 0.6) is 5.88 Å². The molecule has 168 valence electrons. The molecular formula is C23H31N3O5. The number of aromatic nitrogens is 2. The molecule has 2 unspecified atom stereocenters. The predicted molar refractivity (Wildman–Crippen MR) is 115 cm³/mol. The van der Waals surface area contributed by atoms with Crippen molar-refractivity contribution in [2.75, 3.05) is 20.2 Å². The maximum absolute atomic E-state index is 12.5. The monoisotopic (exact) mass is 429 g/mol. The Kier molecular flexibility index (Phi) is 5.55. The van der Waals surface area contributed by atoms with Crippen molar-refractivity contribution in [3.63, 3.8) is 0 Å². The molecule has 4 heterocycles. The number of carbonyl (C=O) groups is 1. The van der Waals surface area contributed by atoms with E-state index in [4.69, 9.17) is 18.9 Å². The first-order valence-electron chi connectivity index (χ1n) is 10.7. The number of pyridine rings is 2. The van der Waals surface area contributed by atoms with Gasteiger partial charge in [0, 0.05) is 36.8 Å². The molecule has 0 aliphatic carbocycles. The van der Waals surface area contributed by atoms with Crippen LogP contribution in [0.3, 0.4) is 0 Å². The Hall–Kier alpha value is -2.45. The van der Waals surface area contributed by atoms with E-state index >= 15 is 0 Å². The Balaban J connectivity index is 1.62. The van der Waals surface area contributed by atoms with Crippen LogP contribution < -0.4 is 4.74 Å². The third kappa shape index (κ3) is 4.60. The van der Waals surface area contributed by atoms with Crippen LogP contribution in [-0.4, -0.2) is 58.7 Å². The molecule has 8 heteroatoms. The number of likely N-dealkylation sites (tertiary alicyclic amines) is 1. The average molecular weight is 430 g/mol. The van der Waals surface area contributed by atoms with Crippen molar-refractivity contribution in [3.8, 4) is 5.88 Å². The molecule has 0 spiro atoms. The minimum atomic E-state index is -0.747. The van der Waals surface area contributed by atoms with E-state index in [2.05, 4.69) is 9.97 Å². The molecule has 2 fully saturated rings. The average Bonchev–Trinajstić information content (AvgIpc) is 3.30. The summed E-state index contributed by atoms with van der Waals surface area (Å²) in [5.41, 5.74) is 1.90. The summed E-state index contributed by atoms with van der Waals surface area (Å²) in [6.45, 7) is 10.7. The molecule has 1 amide bonds. The maximum Gasteiger partial charge on any atom is 0.410 e. The summed E-state index contributed by atoms with van der Waals surface area (Å²) in [6, 6.07) is 5.61. The number of ether oxygens (including phenoxy) is 4. The molecule has 4 rings (SSSR count). The van der Waals surface area contributed by atoms with Crippen molar-refractivity contribution >= 4 is 17.1 Å². The number of carbonyl (C=O) groups excluding carboxylic acids is 1. The molecule has 2 aliphatic heterocycles. The lowest BCUT2D eigenvalue weighted by molar-refractivity contribution is -0.150. The van der Waals surface area contributed by atoms with Gasteiger partial charge in [0.1, 0.15) is 11.7 Å². The molecule has 3 atom stereocenters. The van der Waals surface area contributed by atoms with E-state index in [-0.39, 0.29) is 24.2 Å². The second-order valence-corrected chi connectivity index (χ2v) is 9.62. The molecule has 2 aromatic heterocycles. The van der Waals surface area contributed by atoms with E-state index in [0.717, 1.165) is 23.0 Å². The first kappa shape index (κ1) is 21.8. The minimum Gasteiger partial charge on any atom is -0.481 e. The van der Waals surface area contributed by atoms with Gasteiger partial charge in [-0.05, 0) is 53.2 Å². The molecule has 0 saturated carbocycles. The standard InChI is InChI=1S/C23H31N3O5/c1-22(2,3)31-21(27)26-12-10-14(13-26)19-20(30-23(4,5)29-19)15-9-11-24-16-7-8-17(28-6)25-18(15)16/h7-9,11,14,19-20H,10,12-13H2,1-6H3/t14?,19-,20?/m1/s1. The topological polar surface area (TPSA) is 83.0 Å². The summed E-state index contributed by atoms with van der Waals surface area (Å²) in [7, 11) is 1.59. The van der Waals surface area contributed by atoms with Crippen LogP contribution in [-0.2, 0) is 14.2 Å². The summed E-state index contributed by atoms with van der Waals surface area (Å²) in [5, 5.41) is 0. The van der Waals surface area contributed by atoms with Crippen LogP contribution in [0.1, 0.15) is 52.7 Å². The number of amides is 1. The third-order valence-corrected chi connectivity index (χ3v) is 5.58. The lowest BCUT2D eigenvalue weighted by Crippen LogP contribution is -2.37. The zero-order chi connectivity index (χ0) is 22.4. The summed E-state index contributed by atoms with van der Waals surface area (Å²) in [5.74, 6) is -0.107. The minimum absolute atomic E-state index is 0.119. The second kappa shape index (κ2) is 7.91. The maximum atomic E-state index is 12.5. The number of nitrogens with zero attached hydrogens (tertiary/aromatic N) is 3. The normalized spacial score (nSPS) is 25.7. The van der Waals surface area contributed by atoms with Gasteiger partial charge in [-0.3, -0.25) is 4.98 Å². The quantitative estimate of drug-likeness (QED) is 0.727. The molecule has 2 saturated heterocycles. The van der Waals surface area contributed by atoms with Crippen molar-refractivity contribution in [2.45, 2.75) is 64.6 Å². The van der Waals surface area contributed by atoms with Gasteiger partial charge in [0.05, 0.1) is 24.2 Å². The van der Waals surface area contributed by atoms with Crippen molar-refractivity contribution in [1.82, 2.24) is 14.9 Å². The van der Waals surface area contributed by atoms with Crippen LogP contribution in [0.15, 0.2) is 24.4 Å². The van der Waals surface area contributed by atoms with Gasteiger partial charge in [0.25, 0.3) is 0 Å². The highest BCUT2D eigenvalue weighted by atomic mass is 16.8. The Bertz CT molecular complexity index is 971. The second-order valence-electron chi connectivity index (χ2n) is 9.62. The van der Waals surface area contributed by atoms with Crippen LogP contribution in [0.25, 0.3) is 11.0 Å². The molecule has 31 heavy (non-hydrogen) atoms. The van der Waals surface area contributed by atoms with Crippen LogP contribution in [0, 0.1) is 5.92 Å². The molecule has 0 N–H and O–H groups in total. The van der Waals surface area contributed by atoms with E-state index in [9.17, 15) is 4.79 Å². The summed E-state index contributed by atoms with van der Waals surface area (Å²) < 4.78 is 23.6. The number of fused-ring (bicyclic) bond motifs is 1. The van der Waals surface area contributed by atoms with Gasteiger partial charge in [0.15, 0.2) is 5.79 Å². The van der Waals surface area contributed by atoms with E-state index in [1.165, 1.54) is 0 Å². The first-order valence-corrected chi connectivity index (χ1v) is 10.7. The van der Waals surface area contributed by atoms with Crippen molar-refractivity contribution in [1.29, 1.82) is 0 Å². The summed E-state index contributed by atoms with van der Waals surface area (Å²) >= 11 is 0. The van der Waals surface area contributed by atoms with Gasteiger partial charge in [-0.2, -0.15) is 0 Å². The summed E-state index contributed by atoms with van der Waals surface area (Å²) in [6.07, 6.45) is 1.74. The number of methoxy groups -OCH3 is 1. The smallest absolute Gasteiger partial charge is 0.410 e. The molecule has 0 aromatic carbocycles. The Morgan fingerprint density at radius 3 is 2.71 bits per heavy atom. The molecule has 2 aromatic rings. The fourth-order valence-corrected chi connectivity index (χ4v) is 4.29. The van der Waals surface area contributed by atoms with Crippen molar-refractivity contribution in [2.24, 2.45) is 5.92 Å². The fourth-order valence-electron chi connectivity index (χ4n) is 4.29. The van der Waals surface area contributed by atoms with Crippen LogP contribution in [0.4, 0.5) is 4.79 Å². The van der Waals surface area contributed by atoms with Gasteiger partial charge in [-0.15, -0.1) is 0 Å². The van der Waals surface area contributed by atoms with E-state index in [1.807, 2.05) is 46.8 Å². The van der Waals surface area contributed by atoms with Crippen LogP contribution in [0.2, 0.25) is 0 Å². The summed E-state index contributed by atoms with van der Waals surface area (Å²) in [4.78, 5) is 23.4. The SMILES string of the molecule is COc1ccc2nccc(C3OC(C)(C)O[C@@H]3C3CCN(C(=O)OC(C)(C)C)C3)c2n1. The van der Waals surface area contributed by atoms with Crippen molar-refractivity contribution < 1.29 is 23.7 Å².